The van der Waals surface area contributed by atoms with Gasteiger partial charge in [-0.15, -0.1) is 0 Å². The third kappa shape index (κ3) is 5.75. The summed E-state index contributed by atoms with van der Waals surface area (Å²) in [5, 5.41) is 3.11. The summed E-state index contributed by atoms with van der Waals surface area (Å²) in [7, 11) is 3.44. The number of carbonyl (C=O) groups is 2. The smallest absolute Gasteiger partial charge is 0.248 e. The maximum absolute atomic E-state index is 12.4. The number of nitrogens with zero attached hydrogens (tertiary/aromatic N) is 2. The van der Waals surface area contributed by atoms with Crippen LogP contribution in [0, 0.1) is 11.8 Å². The van der Waals surface area contributed by atoms with E-state index in [1.165, 1.54) is 11.1 Å². The number of hydrogen-bond acceptors (Lipinski definition) is 4. The molecule has 0 aliphatic heterocycles. The minimum Gasteiger partial charge on any atom is -0.282 e. The number of amides is 2. The molecule has 0 aromatic heterocycles. The van der Waals surface area contributed by atoms with E-state index < -0.39 is 11.8 Å². The Morgan fingerprint density at radius 2 is 1.12 bits per heavy atom. The Hall–Kier alpha value is -2.84. The molecule has 2 aliphatic rings. The summed E-state index contributed by atoms with van der Waals surface area (Å²) in [6, 6.07) is 20.5. The van der Waals surface area contributed by atoms with E-state index in [1.54, 1.807) is 24.1 Å². The molecule has 2 aliphatic carbocycles. The zero-order chi connectivity index (χ0) is 23.5. The maximum Gasteiger partial charge on any atom is 0.248 e. The number of hydrazine groups is 2. The van der Waals surface area contributed by atoms with Crippen molar-refractivity contribution in [2.75, 3.05) is 14.1 Å². The SMILES string of the molecule is CN(NC(=O)CC(=O)NN(C)C(=S)C1CC1c1ccccc1)C(=S)C1CC1c1ccccc1. The first-order chi connectivity index (χ1) is 15.8. The van der Waals surface area contributed by atoms with Gasteiger partial charge in [0.15, 0.2) is 0 Å². The van der Waals surface area contributed by atoms with Crippen LogP contribution in [-0.2, 0) is 9.59 Å². The summed E-state index contributed by atoms with van der Waals surface area (Å²) < 4.78 is 0. The number of carbonyl (C=O) groups excluding carboxylic acids is 2. The molecule has 4 rings (SSSR count). The van der Waals surface area contributed by atoms with Crippen LogP contribution in [0.4, 0.5) is 0 Å². The fraction of sp³-hybridized carbons (Fsp3) is 0.360. The lowest BCUT2D eigenvalue weighted by atomic mass is 10.1. The summed E-state index contributed by atoms with van der Waals surface area (Å²) >= 11 is 11.1. The normalized spacial score (nSPS) is 22.6. The first-order valence-corrected chi connectivity index (χ1v) is 11.9. The lowest BCUT2D eigenvalue weighted by Gasteiger charge is -2.23. The van der Waals surface area contributed by atoms with Crippen LogP contribution in [0.2, 0.25) is 0 Å². The van der Waals surface area contributed by atoms with Crippen LogP contribution >= 0.6 is 24.4 Å². The molecular formula is C25H28N4O2S2. The third-order valence-corrected chi connectivity index (χ3v) is 7.39. The number of rotatable bonds is 6. The molecule has 0 radical (unpaired) electrons. The summed E-state index contributed by atoms with van der Waals surface area (Å²) in [6.45, 7) is 0. The lowest BCUT2D eigenvalue weighted by molar-refractivity contribution is -0.132. The highest BCUT2D eigenvalue weighted by atomic mass is 32.1. The molecule has 2 aromatic carbocycles. The Balaban J connectivity index is 1.19. The van der Waals surface area contributed by atoms with Crippen molar-refractivity contribution in [2.24, 2.45) is 11.8 Å². The molecule has 172 valence electrons. The Labute approximate surface area is 205 Å². The summed E-state index contributed by atoms with van der Waals surface area (Å²) in [6.07, 6.45) is 1.63. The lowest BCUT2D eigenvalue weighted by Crippen LogP contribution is -2.48. The molecule has 2 saturated carbocycles. The zero-order valence-electron chi connectivity index (χ0n) is 18.7. The van der Waals surface area contributed by atoms with Crippen LogP contribution in [0.5, 0.6) is 0 Å². The fourth-order valence-corrected chi connectivity index (χ4v) is 4.89. The van der Waals surface area contributed by atoms with Crippen LogP contribution in [0.15, 0.2) is 60.7 Å². The van der Waals surface area contributed by atoms with Crippen LogP contribution in [0.1, 0.15) is 42.2 Å². The van der Waals surface area contributed by atoms with Gasteiger partial charge in [-0.2, -0.15) is 0 Å². The standard InChI is InChI=1S/C25H28N4O2S2/c1-28(24(32)20-13-18(20)16-9-5-3-6-10-16)26-22(30)15-23(31)27-29(2)25(33)21-14-19(21)17-11-7-4-8-12-17/h3-12,18-21H,13-15H2,1-2H3,(H,26,30)(H,27,31). The molecule has 0 spiro atoms. The second-order valence-electron chi connectivity index (χ2n) is 8.76. The second kappa shape index (κ2) is 9.97. The predicted molar refractivity (Wildman–Crippen MR) is 136 cm³/mol. The minimum absolute atomic E-state index is 0.223. The number of thiocarbonyl (C=S) groups is 2. The molecule has 2 fully saturated rings. The average molecular weight is 481 g/mol. The van der Waals surface area contributed by atoms with Gasteiger partial charge in [0.2, 0.25) is 11.8 Å². The largest absolute Gasteiger partial charge is 0.282 e. The first kappa shape index (κ1) is 23.3. The van der Waals surface area contributed by atoms with E-state index >= 15 is 0 Å². The van der Waals surface area contributed by atoms with E-state index in [9.17, 15) is 9.59 Å². The molecule has 33 heavy (non-hydrogen) atoms. The van der Waals surface area contributed by atoms with E-state index in [1.807, 2.05) is 36.4 Å². The first-order valence-electron chi connectivity index (χ1n) is 11.1. The van der Waals surface area contributed by atoms with Crippen LogP contribution in [0.25, 0.3) is 0 Å². The molecule has 2 amide bonds. The Morgan fingerprint density at radius 1 is 0.758 bits per heavy atom. The van der Waals surface area contributed by atoms with E-state index in [4.69, 9.17) is 24.4 Å². The topological polar surface area (TPSA) is 64.7 Å². The zero-order valence-corrected chi connectivity index (χ0v) is 20.4. The Morgan fingerprint density at radius 3 is 1.48 bits per heavy atom. The van der Waals surface area contributed by atoms with Crippen molar-refractivity contribution in [3.63, 3.8) is 0 Å². The summed E-state index contributed by atoms with van der Waals surface area (Å²) in [5.74, 6) is 0.392. The van der Waals surface area contributed by atoms with Crippen molar-refractivity contribution in [3.05, 3.63) is 71.8 Å². The summed E-state index contributed by atoms with van der Waals surface area (Å²) in [4.78, 5) is 26.1. The van der Waals surface area contributed by atoms with Crippen LogP contribution in [-0.4, -0.2) is 45.9 Å². The van der Waals surface area contributed by atoms with Gasteiger partial charge in [-0.1, -0.05) is 85.1 Å². The van der Waals surface area contributed by atoms with Crippen LogP contribution < -0.4 is 10.9 Å². The third-order valence-electron chi connectivity index (χ3n) is 6.24. The van der Waals surface area contributed by atoms with Crippen molar-refractivity contribution in [1.29, 1.82) is 0 Å². The van der Waals surface area contributed by atoms with Crippen molar-refractivity contribution in [1.82, 2.24) is 20.9 Å². The van der Waals surface area contributed by atoms with Gasteiger partial charge < -0.3 is 0 Å². The van der Waals surface area contributed by atoms with Gasteiger partial charge in [0, 0.05) is 25.9 Å². The molecule has 6 nitrogen and oxygen atoms in total. The van der Waals surface area contributed by atoms with E-state index in [-0.39, 0.29) is 18.3 Å². The monoisotopic (exact) mass is 480 g/mol. The van der Waals surface area contributed by atoms with Crippen LogP contribution in [0.3, 0.4) is 0 Å². The Bertz CT molecular complexity index is 963. The maximum atomic E-state index is 12.4. The molecule has 2 N–H and O–H groups in total. The number of nitrogens with one attached hydrogen (secondary N) is 2. The van der Waals surface area contributed by atoms with Gasteiger partial charge in [0.25, 0.3) is 0 Å². The Kier molecular flexibility index (Phi) is 7.05. The minimum atomic E-state index is -0.415. The number of hydrogen-bond donors (Lipinski definition) is 2. The molecule has 4 atom stereocenters. The predicted octanol–water partition coefficient (Wildman–Crippen LogP) is 3.56. The van der Waals surface area contributed by atoms with E-state index in [2.05, 4.69) is 35.1 Å². The highest BCUT2D eigenvalue weighted by Gasteiger charge is 2.43. The molecule has 0 saturated heterocycles. The molecular weight excluding hydrogens is 452 g/mol. The van der Waals surface area contributed by atoms with Gasteiger partial charge in [-0.25, -0.2) is 0 Å². The molecule has 4 unspecified atom stereocenters. The van der Waals surface area contributed by atoms with E-state index in [0.717, 1.165) is 12.8 Å². The highest BCUT2D eigenvalue weighted by Crippen LogP contribution is 2.49. The molecule has 0 bridgehead atoms. The molecule has 0 heterocycles. The molecule has 2 aromatic rings. The van der Waals surface area contributed by atoms with Gasteiger partial charge in [0.1, 0.15) is 16.4 Å². The summed E-state index contributed by atoms with van der Waals surface area (Å²) in [5.41, 5.74) is 7.94. The fourth-order valence-electron chi connectivity index (χ4n) is 4.28. The van der Waals surface area contributed by atoms with Gasteiger partial charge in [-0.3, -0.25) is 30.5 Å². The van der Waals surface area contributed by atoms with E-state index in [0.29, 0.717) is 21.8 Å². The highest BCUT2D eigenvalue weighted by molar-refractivity contribution is 7.80. The van der Waals surface area contributed by atoms with Crippen molar-refractivity contribution < 1.29 is 9.59 Å². The van der Waals surface area contributed by atoms with Gasteiger partial charge in [0.05, 0.1) is 0 Å². The van der Waals surface area contributed by atoms with Gasteiger partial charge in [-0.05, 0) is 35.8 Å². The second-order valence-corrected chi connectivity index (χ2v) is 9.60. The van der Waals surface area contributed by atoms with Crippen molar-refractivity contribution in [3.8, 4) is 0 Å². The average Bonchev–Trinajstić information content (AvgIpc) is 3.73. The molecule has 8 heteroatoms. The van der Waals surface area contributed by atoms with Crippen molar-refractivity contribution >= 4 is 46.2 Å². The number of benzene rings is 2. The van der Waals surface area contributed by atoms with Gasteiger partial charge >= 0.3 is 0 Å². The van der Waals surface area contributed by atoms with Crippen molar-refractivity contribution in [2.45, 2.75) is 31.1 Å². The quantitative estimate of drug-likeness (QED) is 0.375.